The van der Waals surface area contributed by atoms with Crippen LogP contribution in [0, 0.1) is 5.41 Å². The molecule has 8 nitrogen and oxygen atoms in total. The molecule has 3 atom stereocenters. The maximum atomic E-state index is 13.1. The van der Waals surface area contributed by atoms with Crippen molar-refractivity contribution in [2.24, 2.45) is 5.41 Å². The number of rotatable bonds is 2. The second-order valence-electron chi connectivity index (χ2n) is 8.71. The molecule has 0 bridgehead atoms. The topological polar surface area (TPSA) is 97.0 Å². The Kier molecular flexibility index (Phi) is 4.70. The quantitative estimate of drug-likeness (QED) is 0.703. The summed E-state index contributed by atoms with van der Waals surface area (Å²) in [4.78, 5) is 40.2. The SMILES string of the molecule is COc1ccc(-c2ccc3c(c2)N2C[C@@H](C)O[C@@H](C)[C@@H]2C2(C3)C(=O)NC(=O)NC2=O)cc1. The Bertz CT molecular complexity index is 1090. The summed E-state index contributed by atoms with van der Waals surface area (Å²) >= 11 is 0. The van der Waals surface area contributed by atoms with Gasteiger partial charge in [-0.05, 0) is 55.2 Å². The van der Waals surface area contributed by atoms with Crippen LogP contribution in [-0.4, -0.2) is 49.7 Å². The van der Waals surface area contributed by atoms with Gasteiger partial charge in [0.25, 0.3) is 0 Å². The van der Waals surface area contributed by atoms with Crippen LogP contribution in [0.5, 0.6) is 5.75 Å². The highest BCUT2D eigenvalue weighted by Crippen LogP contribution is 2.47. The average molecular weight is 435 g/mol. The van der Waals surface area contributed by atoms with Crippen molar-refractivity contribution in [1.82, 2.24) is 10.6 Å². The summed E-state index contributed by atoms with van der Waals surface area (Å²) in [6.07, 6.45) is -0.272. The Balaban J connectivity index is 1.63. The predicted octanol–water partition coefficient (Wildman–Crippen LogP) is 2.25. The molecule has 2 aromatic carbocycles. The Hall–Kier alpha value is -3.39. The molecule has 3 aliphatic rings. The fourth-order valence-electron chi connectivity index (χ4n) is 5.38. The van der Waals surface area contributed by atoms with E-state index in [0.29, 0.717) is 6.54 Å². The second-order valence-corrected chi connectivity index (χ2v) is 8.71. The number of barbiturate groups is 1. The number of amides is 4. The number of benzene rings is 2. The molecule has 1 spiro atoms. The van der Waals surface area contributed by atoms with Crippen LogP contribution in [0.4, 0.5) is 10.5 Å². The van der Waals surface area contributed by atoms with E-state index in [1.807, 2.05) is 50.2 Å². The molecule has 0 radical (unpaired) electrons. The third-order valence-corrected chi connectivity index (χ3v) is 6.74. The number of imide groups is 2. The van der Waals surface area contributed by atoms with Crippen LogP contribution in [0.3, 0.4) is 0 Å². The summed E-state index contributed by atoms with van der Waals surface area (Å²) in [5.41, 5.74) is 2.49. The number of nitrogens with zero attached hydrogens (tertiary/aromatic N) is 1. The van der Waals surface area contributed by atoms with Gasteiger partial charge in [-0.1, -0.05) is 24.3 Å². The lowest BCUT2D eigenvalue weighted by Crippen LogP contribution is -2.75. The molecule has 3 aliphatic heterocycles. The minimum atomic E-state index is -1.44. The summed E-state index contributed by atoms with van der Waals surface area (Å²) in [5.74, 6) is -0.360. The summed E-state index contributed by atoms with van der Waals surface area (Å²) in [6, 6.07) is 12.6. The van der Waals surface area contributed by atoms with Gasteiger partial charge in [-0.15, -0.1) is 0 Å². The number of carbonyl (C=O) groups is 3. The first-order chi connectivity index (χ1) is 15.3. The first kappa shape index (κ1) is 20.5. The molecule has 4 amide bonds. The first-order valence-electron chi connectivity index (χ1n) is 10.7. The van der Waals surface area contributed by atoms with Gasteiger partial charge >= 0.3 is 6.03 Å². The molecule has 8 heteroatoms. The summed E-state index contributed by atoms with van der Waals surface area (Å²) in [6.45, 7) is 4.39. The number of ether oxygens (including phenoxy) is 2. The van der Waals surface area contributed by atoms with Crippen molar-refractivity contribution >= 4 is 23.5 Å². The summed E-state index contributed by atoms with van der Waals surface area (Å²) in [5, 5.41) is 4.62. The van der Waals surface area contributed by atoms with Crippen molar-refractivity contribution in [3.63, 3.8) is 0 Å². The lowest BCUT2D eigenvalue weighted by Gasteiger charge is -2.55. The van der Waals surface area contributed by atoms with Crippen LogP contribution >= 0.6 is 0 Å². The van der Waals surface area contributed by atoms with Crippen molar-refractivity contribution in [2.75, 3.05) is 18.6 Å². The van der Waals surface area contributed by atoms with E-state index < -0.39 is 29.3 Å². The van der Waals surface area contributed by atoms with Gasteiger partial charge in [0, 0.05) is 12.2 Å². The van der Waals surface area contributed by atoms with Crippen LogP contribution in [0.15, 0.2) is 42.5 Å². The van der Waals surface area contributed by atoms with Gasteiger partial charge < -0.3 is 14.4 Å². The maximum Gasteiger partial charge on any atom is 0.328 e. The number of carbonyl (C=O) groups excluding carboxylic acids is 3. The van der Waals surface area contributed by atoms with Crippen LogP contribution < -0.4 is 20.3 Å². The van der Waals surface area contributed by atoms with Crippen molar-refractivity contribution in [2.45, 2.75) is 38.5 Å². The van der Waals surface area contributed by atoms with Crippen molar-refractivity contribution in [3.05, 3.63) is 48.0 Å². The van der Waals surface area contributed by atoms with E-state index in [-0.39, 0.29) is 18.6 Å². The molecule has 0 saturated carbocycles. The highest BCUT2D eigenvalue weighted by molar-refractivity contribution is 6.20. The Labute approximate surface area is 185 Å². The molecular weight excluding hydrogens is 410 g/mol. The molecule has 32 heavy (non-hydrogen) atoms. The Morgan fingerprint density at radius 3 is 2.31 bits per heavy atom. The van der Waals surface area contributed by atoms with E-state index in [1.54, 1.807) is 7.11 Å². The fraction of sp³-hybridized carbons (Fsp3) is 0.375. The zero-order chi connectivity index (χ0) is 22.6. The fourth-order valence-corrected chi connectivity index (χ4v) is 5.38. The van der Waals surface area contributed by atoms with Crippen molar-refractivity contribution < 1.29 is 23.9 Å². The molecule has 0 unspecified atom stereocenters. The monoisotopic (exact) mass is 435 g/mol. The van der Waals surface area contributed by atoms with E-state index in [9.17, 15) is 14.4 Å². The minimum Gasteiger partial charge on any atom is -0.497 e. The van der Waals surface area contributed by atoms with Gasteiger partial charge in [-0.2, -0.15) is 0 Å². The van der Waals surface area contributed by atoms with Crippen LogP contribution in [-0.2, 0) is 20.7 Å². The van der Waals surface area contributed by atoms with Crippen LogP contribution in [0.2, 0.25) is 0 Å². The zero-order valence-corrected chi connectivity index (χ0v) is 18.2. The number of hydrogen-bond acceptors (Lipinski definition) is 6. The Morgan fingerprint density at radius 2 is 1.66 bits per heavy atom. The van der Waals surface area contributed by atoms with Crippen molar-refractivity contribution in [3.8, 4) is 16.9 Å². The van der Waals surface area contributed by atoms with Gasteiger partial charge in [-0.3, -0.25) is 20.2 Å². The van der Waals surface area contributed by atoms with E-state index >= 15 is 0 Å². The van der Waals surface area contributed by atoms with Gasteiger partial charge in [0.1, 0.15) is 5.75 Å². The molecule has 166 valence electrons. The number of hydrogen-bond donors (Lipinski definition) is 2. The highest BCUT2D eigenvalue weighted by atomic mass is 16.5. The first-order valence-corrected chi connectivity index (χ1v) is 10.7. The number of nitrogens with one attached hydrogen (secondary N) is 2. The zero-order valence-electron chi connectivity index (χ0n) is 18.2. The van der Waals surface area contributed by atoms with E-state index in [4.69, 9.17) is 9.47 Å². The smallest absolute Gasteiger partial charge is 0.328 e. The molecule has 2 N–H and O–H groups in total. The van der Waals surface area contributed by atoms with Gasteiger partial charge in [-0.25, -0.2) is 4.79 Å². The molecule has 2 saturated heterocycles. The number of methoxy groups -OCH3 is 1. The van der Waals surface area contributed by atoms with E-state index in [0.717, 1.165) is 28.1 Å². The number of morpholine rings is 1. The second kappa shape index (κ2) is 7.34. The molecule has 2 fully saturated rings. The summed E-state index contributed by atoms with van der Waals surface area (Å²) < 4.78 is 11.3. The third-order valence-electron chi connectivity index (χ3n) is 6.74. The number of anilines is 1. The average Bonchev–Trinajstić information content (AvgIpc) is 2.77. The largest absolute Gasteiger partial charge is 0.497 e. The van der Waals surface area contributed by atoms with E-state index in [1.165, 1.54) is 0 Å². The highest BCUT2D eigenvalue weighted by Gasteiger charge is 2.62. The normalized spacial score (nSPS) is 26.2. The number of urea groups is 1. The lowest BCUT2D eigenvalue weighted by molar-refractivity contribution is -0.153. The van der Waals surface area contributed by atoms with Gasteiger partial charge in [0.15, 0.2) is 5.41 Å². The standard InChI is InChI=1S/C24H25N3O5/c1-13-12-27-19-10-16(15-6-8-18(31-3)9-7-15)4-5-17(19)11-24(20(27)14(2)32-13)21(28)25-23(30)26-22(24)29/h4-10,13-14,20H,11-12H2,1-3H3,(H2,25,26,28,29,30)/t13-,14+,20-/m1/s1. The van der Waals surface area contributed by atoms with Crippen LogP contribution in [0.25, 0.3) is 11.1 Å². The molecule has 2 aromatic rings. The van der Waals surface area contributed by atoms with Crippen molar-refractivity contribution in [1.29, 1.82) is 0 Å². The molecule has 0 aliphatic carbocycles. The minimum absolute atomic E-state index is 0.0785. The molecule has 0 aromatic heterocycles. The maximum absolute atomic E-state index is 13.1. The Morgan fingerprint density at radius 1 is 1.00 bits per heavy atom. The third kappa shape index (κ3) is 2.97. The van der Waals surface area contributed by atoms with Crippen LogP contribution in [0.1, 0.15) is 19.4 Å². The predicted molar refractivity (Wildman–Crippen MR) is 117 cm³/mol. The lowest BCUT2D eigenvalue weighted by atomic mass is 9.66. The van der Waals surface area contributed by atoms with Gasteiger partial charge in [0.2, 0.25) is 11.8 Å². The molecule has 3 heterocycles. The van der Waals surface area contributed by atoms with E-state index in [2.05, 4.69) is 21.6 Å². The molecular formula is C24H25N3O5. The summed E-state index contributed by atoms with van der Waals surface area (Å²) in [7, 11) is 1.63. The van der Waals surface area contributed by atoms with Gasteiger partial charge in [0.05, 0.1) is 25.4 Å². The molecule has 5 rings (SSSR count). The number of fused-ring (bicyclic) bond motifs is 4.